The molecule has 0 radical (unpaired) electrons. The highest BCUT2D eigenvalue weighted by atomic mass is 16.3. The number of allylic oxidation sites excluding steroid dienone is 1. The molecule has 0 aliphatic heterocycles. The van der Waals surface area contributed by atoms with Crippen LogP contribution in [0.15, 0.2) is 22.1 Å². The van der Waals surface area contributed by atoms with Gasteiger partial charge in [-0.25, -0.2) is 0 Å². The smallest absolute Gasteiger partial charge is 0.106 e. The molecule has 1 unspecified atom stereocenters. The molecule has 0 amide bonds. The maximum Gasteiger partial charge on any atom is 0.106 e. The number of aryl methyl sites for hydroxylation is 2. The van der Waals surface area contributed by atoms with Gasteiger partial charge in [0.05, 0.1) is 6.04 Å². The van der Waals surface area contributed by atoms with Gasteiger partial charge >= 0.3 is 0 Å². The molecule has 0 fully saturated rings. The number of furan rings is 1. The molecule has 18 heavy (non-hydrogen) atoms. The Morgan fingerprint density at radius 3 is 2.72 bits per heavy atom. The SMILES string of the molecule is CCCNC(C1=CCCCC1)c1cc(C)oc1C. The van der Waals surface area contributed by atoms with E-state index in [1.54, 1.807) is 5.57 Å². The summed E-state index contributed by atoms with van der Waals surface area (Å²) in [4.78, 5) is 0. The zero-order valence-corrected chi connectivity index (χ0v) is 11.9. The summed E-state index contributed by atoms with van der Waals surface area (Å²) >= 11 is 0. The molecule has 1 aliphatic rings. The molecule has 1 atom stereocenters. The van der Waals surface area contributed by atoms with E-state index < -0.39 is 0 Å². The first-order valence-corrected chi connectivity index (χ1v) is 7.21. The Bertz CT molecular complexity index is 417. The summed E-state index contributed by atoms with van der Waals surface area (Å²) in [7, 11) is 0. The lowest BCUT2D eigenvalue weighted by Gasteiger charge is -2.24. The molecule has 2 heteroatoms. The van der Waals surface area contributed by atoms with Gasteiger partial charge in [0.2, 0.25) is 0 Å². The van der Waals surface area contributed by atoms with Crippen LogP contribution in [-0.4, -0.2) is 6.54 Å². The monoisotopic (exact) mass is 247 g/mol. The Labute approximate surface area is 110 Å². The predicted molar refractivity (Wildman–Crippen MR) is 75.8 cm³/mol. The van der Waals surface area contributed by atoms with E-state index in [1.165, 1.54) is 37.7 Å². The quantitative estimate of drug-likeness (QED) is 0.778. The van der Waals surface area contributed by atoms with Crippen molar-refractivity contribution in [1.29, 1.82) is 0 Å². The van der Waals surface area contributed by atoms with E-state index in [2.05, 4.69) is 31.3 Å². The zero-order chi connectivity index (χ0) is 13.0. The molecular weight excluding hydrogens is 222 g/mol. The van der Waals surface area contributed by atoms with Crippen LogP contribution in [-0.2, 0) is 0 Å². The standard InChI is InChI=1S/C16H25NO/c1-4-10-17-16(14-8-6-5-7-9-14)15-11-12(2)18-13(15)3/h8,11,16-17H,4-7,9-10H2,1-3H3. The van der Waals surface area contributed by atoms with Gasteiger partial charge in [-0.2, -0.15) is 0 Å². The number of rotatable bonds is 5. The van der Waals surface area contributed by atoms with Crippen molar-refractivity contribution in [3.05, 3.63) is 34.8 Å². The first-order chi connectivity index (χ1) is 8.72. The van der Waals surface area contributed by atoms with Crippen molar-refractivity contribution in [2.24, 2.45) is 0 Å². The lowest BCUT2D eigenvalue weighted by molar-refractivity contribution is 0.488. The van der Waals surface area contributed by atoms with Crippen molar-refractivity contribution >= 4 is 0 Å². The highest BCUT2D eigenvalue weighted by Crippen LogP contribution is 2.32. The van der Waals surface area contributed by atoms with Gasteiger partial charge in [0.1, 0.15) is 11.5 Å². The third kappa shape index (κ3) is 3.05. The molecule has 2 nitrogen and oxygen atoms in total. The number of hydrogen-bond acceptors (Lipinski definition) is 2. The van der Waals surface area contributed by atoms with E-state index in [1.807, 2.05) is 6.92 Å². The Balaban J connectivity index is 2.23. The molecule has 1 aliphatic carbocycles. The van der Waals surface area contributed by atoms with Gasteiger partial charge in [-0.3, -0.25) is 0 Å². The first kappa shape index (κ1) is 13.4. The van der Waals surface area contributed by atoms with E-state index in [0.717, 1.165) is 18.1 Å². The van der Waals surface area contributed by atoms with Gasteiger partial charge in [-0.1, -0.05) is 18.6 Å². The minimum atomic E-state index is 0.364. The second kappa shape index (κ2) is 6.24. The Morgan fingerprint density at radius 1 is 1.33 bits per heavy atom. The number of nitrogens with one attached hydrogen (secondary N) is 1. The Morgan fingerprint density at radius 2 is 2.17 bits per heavy atom. The summed E-state index contributed by atoms with van der Waals surface area (Å²) in [5.41, 5.74) is 2.88. The van der Waals surface area contributed by atoms with Gasteiger partial charge in [0.15, 0.2) is 0 Å². The van der Waals surface area contributed by atoms with Gasteiger partial charge in [0.25, 0.3) is 0 Å². The summed E-state index contributed by atoms with van der Waals surface area (Å²) in [6, 6.07) is 2.56. The van der Waals surface area contributed by atoms with Crippen LogP contribution in [0.3, 0.4) is 0 Å². The average molecular weight is 247 g/mol. The van der Waals surface area contributed by atoms with Crippen molar-refractivity contribution in [2.75, 3.05) is 6.54 Å². The number of hydrogen-bond donors (Lipinski definition) is 1. The third-order valence-electron chi connectivity index (χ3n) is 3.69. The summed E-state index contributed by atoms with van der Waals surface area (Å²) < 4.78 is 5.70. The molecule has 100 valence electrons. The van der Waals surface area contributed by atoms with E-state index >= 15 is 0 Å². The Kier molecular flexibility index (Phi) is 4.65. The predicted octanol–water partition coefficient (Wildman–Crippen LogP) is 4.44. The third-order valence-corrected chi connectivity index (χ3v) is 3.69. The van der Waals surface area contributed by atoms with Gasteiger partial charge < -0.3 is 9.73 Å². The molecule has 1 aromatic heterocycles. The van der Waals surface area contributed by atoms with Crippen LogP contribution in [0.2, 0.25) is 0 Å². The highest BCUT2D eigenvalue weighted by molar-refractivity contribution is 5.32. The minimum Gasteiger partial charge on any atom is -0.466 e. The average Bonchev–Trinajstić information content (AvgIpc) is 2.70. The van der Waals surface area contributed by atoms with Crippen molar-refractivity contribution in [3.63, 3.8) is 0 Å². The molecule has 0 bridgehead atoms. The normalized spacial score (nSPS) is 17.6. The lowest BCUT2D eigenvalue weighted by atomic mass is 9.90. The molecule has 1 heterocycles. The van der Waals surface area contributed by atoms with Crippen molar-refractivity contribution < 1.29 is 4.42 Å². The molecule has 2 rings (SSSR count). The van der Waals surface area contributed by atoms with Crippen LogP contribution >= 0.6 is 0 Å². The van der Waals surface area contributed by atoms with Crippen molar-refractivity contribution in [2.45, 2.75) is 58.9 Å². The topological polar surface area (TPSA) is 25.2 Å². The van der Waals surface area contributed by atoms with Crippen molar-refractivity contribution in [1.82, 2.24) is 5.32 Å². The van der Waals surface area contributed by atoms with Crippen molar-refractivity contribution in [3.8, 4) is 0 Å². The fourth-order valence-electron chi connectivity index (χ4n) is 2.79. The fourth-order valence-corrected chi connectivity index (χ4v) is 2.79. The van der Waals surface area contributed by atoms with Crippen LogP contribution in [0.4, 0.5) is 0 Å². The first-order valence-electron chi connectivity index (χ1n) is 7.21. The maximum absolute atomic E-state index is 5.70. The zero-order valence-electron chi connectivity index (χ0n) is 11.9. The summed E-state index contributed by atoms with van der Waals surface area (Å²) in [5.74, 6) is 2.08. The van der Waals surface area contributed by atoms with Gasteiger partial charge in [-0.05, 0) is 58.6 Å². The van der Waals surface area contributed by atoms with E-state index in [4.69, 9.17) is 4.42 Å². The summed E-state index contributed by atoms with van der Waals surface area (Å²) in [6.45, 7) is 7.38. The minimum absolute atomic E-state index is 0.364. The second-order valence-electron chi connectivity index (χ2n) is 5.28. The largest absolute Gasteiger partial charge is 0.466 e. The summed E-state index contributed by atoms with van der Waals surface area (Å²) in [6.07, 6.45) is 8.72. The van der Waals surface area contributed by atoms with Crippen LogP contribution in [0.5, 0.6) is 0 Å². The van der Waals surface area contributed by atoms with Crippen LogP contribution in [0, 0.1) is 13.8 Å². The maximum atomic E-state index is 5.70. The van der Waals surface area contributed by atoms with Crippen LogP contribution < -0.4 is 5.32 Å². The van der Waals surface area contributed by atoms with E-state index in [9.17, 15) is 0 Å². The van der Waals surface area contributed by atoms with E-state index in [-0.39, 0.29) is 0 Å². The Hall–Kier alpha value is -1.02. The lowest BCUT2D eigenvalue weighted by Crippen LogP contribution is -2.25. The van der Waals surface area contributed by atoms with Crippen LogP contribution in [0.25, 0.3) is 0 Å². The molecular formula is C16H25NO. The fraction of sp³-hybridized carbons (Fsp3) is 0.625. The molecule has 0 saturated carbocycles. The van der Waals surface area contributed by atoms with E-state index in [0.29, 0.717) is 6.04 Å². The highest BCUT2D eigenvalue weighted by Gasteiger charge is 2.21. The van der Waals surface area contributed by atoms with Gasteiger partial charge in [0, 0.05) is 5.56 Å². The van der Waals surface area contributed by atoms with Crippen LogP contribution in [0.1, 0.15) is 62.2 Å². The molecule has 1 aromatic rings. The second-order valence-corrected chi connectivity index (χ2v) is 5.28. The molecule has 0 saturated heterocycles. The molecule has 0 spiro atoms. The van der Waals surface area contributed by atoms with Gasteiger partial charge in [-0.15, -0.1) is 0 Å². The summed E-state index contributed by atoms with van der Waals surface area (Å²) in [5, 5.41) is 3.68. The molecule has 1 N–H and O–H groups in total. The molecule has 0 aromatic carbocycles.